The van der Waals surface area contributed by atoms with Crippen LogP contribution in [-0.4, -0.2) is 7.83 Å². The number of halogens is 6. The summed E-state index contributed by atoms with van der Waals surface area (Å²) in [5, 5.41) is 3.13. The van der Waals surface area contributed by atoms with Crippen molar-refractivity contribution < 1.29 is 0 Å². The molecule has 0 amide bonds. The number of hydrogen-bond donors (Lipinski definition) is 0. The van der Waals surface area contributed by atoms with Gasteiger partial charge in [0, 0.05) is 0 Å². The average Bonchev–Trinajstić information content (AvgIpc) is 1.14. The predicted molar refractivity (Wildman–Crippen MR) is 42.7 cm³/mol. The van der Waals surface area contributed by atoms with Crippen LogP contribution >= 0.6 is 69.6 Å². The summed E-state index contributed by atoms with van der Waals surface area (Å²) in [6.07, 6.45) is 0. The van der Waals surface area contributed by atoms with E-state index in [2.05, 4.69) is 5.32 Å². The van der Waals surface area contributed by atoms with Gasteiger partial charge in [0.2, 0.25) is 0 Å². The zero-order valence-electron chi connectivity index (χ0n) is 3.72. The molecule has 0 bridgehead atoms. The summed E-state index contributed by atoms with van der Waals surface area (Å²) in [6, 6.07) is 0. The van der Waals surface area contributed by atoms with Crippen molar-refractivity contribution in [3.05, 3.63) is 0 Å². The molecular formula is C2Cl6N. The first-order valence-electron chi connectivity index (χ1n) is 1.58. The fourth-order valence-electron chi connectivity index (χ4n) is 0.144. The van der Waals surface area contributed by atoms with Crippen molar-refractivity contribution in [2.75, 3.05) is 0 Å². The summed E-state index contributed by atoms with van der Waals surface area (Å²) in [6.45, 7) is 0. The van der Waals surface area contributed by atoms with Crippen LogP contribution in [0.25, 0.3) is 0 Å². The molecule has 1 radical (unpaired) electrons. The molecule has 0 rings (SSSR count). The standard InChI is InChI=1S/C2Cl6N/c3-1(4,5)9-2(6,7)8. The summed E-state index contributed by atoms with van der Waals surface area (Å²) >= 11 is 30.8. The molecule has 55 valence electrons. The van der Waals surface area contributed by atoms with Gasteiger partial charge in [0.05, 0.1) is 0 Å². The molecule has 0 saturated carbocycles. The predicted octanol–water partition coefficient (Wildman–Crippen LogP) is 3.25. The molecule has 0 spiro atoms. The van der Waals surface area contributed by atoms with Crippen LogP contribution in [0.3, 0.4) is 0 Å². The van der Waals surface area contributed by atoms with Gasteiger partial charge in [0.1, 0.15) is 0 Å². The van der Waals surface area contributed by atoms with Crippen molar-refractivity contribution in [1.82, 2.24) is 5.32 Å². The second-order valence-electron chi connectivity index (χ2n) is 1.05. The van der Waals surface area contributed by atoms with E-state index in [4.69, 9.17) is 69.6 Å². The van der Waals surface area contributed by atoms with Gasteiger partial charge in [-0.2, -0.15) is 0 Å². The minimum Gasteiger partial charge on any atom is -0.138 e. The minimum absolute atomic E-state index is 1.87. The van der Waals surface area contributed by atoms with E-state index in [1.165, 1.54) is 0 Å². The maximum absolute atomic E-state index is 5.13. The first kappa shape index (κ1) is 10.7. The topological polar surface area (TPSA) is 14.1 Å². The molecule has 0 aliphatic carbocycles. The number of hydrogen-bond acceptors (Lipinski definition) is 0. The molecule has 0 heterocycles. The van der Waals surface area contributed by atoms with Gasteiger partial charge >= 0.3 is 0 Å². The van der Waals surface area contributed by atoms with E-state index in [0.29, 0.717) is 0 Å². The van der Waals surface area contributed by atoms with Crippen LogP contribution in [-0.2, 0) is 0 Å². The fraction of sp³-hybridized carbons (Fsp3) is 1.00. The largest absolute Gasteiger partial charge is 0.264 e. The highest BCUT2D eigenvalue weighted by Crippen LogP contribution is 2.34. The molecule has 0 atom stereocenters. The Kier molecular flexibility index (Phi) is 4.04. The highest BCUT2D eigenvalue weighted by molar-refractivity contribution is 6.71. The summed E-state index contributed by atoms with van der Waals surface area (Å²) < 4.78 is -3.74. The summed E-state index contributed by atoms with van der Waals surface area (Å²) in [5.74, 6) is 0. The van der Waals surface area contributed by atoms with Crippen molar-refractivity contribution in [3.8, 4) is 0 Å². The Bertz CT molecular complexity index is 76.2. The van der Waals surface area contributed by atoms with Crippen LogP contribution in [0, 0.1) is 0 Å². The molecule has 0 aromatic heterocycles. The van der Waals surface area contributed by atoms with Gasteiger partial charge in [-0.05, 0) is 0 Å². The van der Waals surface area contributed by atoms with Crippen LogP contribution in [0.1, 0.15) is 0 Å². The zero-order chi connectivity index (χ0) is 7.71. The molecule has 0 aromatic carbocycles. The highest BCUT2D eigenvalue weighted by Gasteiger charge is 2.33. The maximum atomic E-state index is 5.13. The van der Waals surface area contributed by atoms with Crippen LogP contribution in [0.2, 0.25) is 0 Å². The molecule has 0 saturated heterocycles. The fourth-order valence-corrected chi connectivity index (χ4v) is 1.29. The quantitative estimate of drug-likeness (QED) is 0.463. The van der Waals surface area contributed by atoms with Gasteiger partial charge in [0.15, 0.2) is 0 Å². The Balaban J connectivity index is 3.75. The number of alkyl halides is 6. The van der Waals surface area contributed by atoms with E-state index < -0.39 is 7.83 Å². The van der Waals surface area contributed by atoms with Crippen molar-refractivity contribution in [3.63, 3.8) is 0 Å². The minimum atomic E-state index is -1.87. The highest BCUT2D eigenvalue weighted by atomic mass is 35.6. The third kappa shape index (κ3) is 9.70. The van der Waals surface area contributed by atoms with E-state index in [1.54, 1.807) is 0 Å². The molecule has 0 aromatic rings. The lowest BCUT2D eigenvalue weighted by molar-refractivity contribution is 0.727. The first-order chi connectivity index (χ1) is 3.71. The van der Waals surface area contributed by atoms with Gasteiger partial charge in [-0.1, -0.05) is 69.6 Å². The van der Waals surface area contributed by atoms with Crippen molar-refractivity contribution in [2.45, 2.75) is 7.83 Å². The first-order valence-corrected chi connectivity index (χ1v) is 3.85. The van der Waals surface area contributed by atoms with Gasteiger partial charge in [0.25, 0.3) is 7.83 Å². The van der Waals surface area contributed by atoms with Crippen molar-refractivity contribution >= 4 is 69.6 Å². The Morgan fingerprint density at radius 2 is 0.889 bits per heavy atom. The molecule has 0 aliphatic heterocycles. The van der Waals surface area contributed by atoms with Gasteiger partial charge in [-0.3, -0.25) is 0 Å². The average molecular weight is 251 g/mol. The second kappa shape index (κ2) is 3.40. The van der Waals surface area contributed by atoms with Gasteiger partial charge < -0.3 is 0 Å². The molecule has 7 heteroatoms. The smallest absolute Gasteiger partial charge is 0.138 e. The van der Waals surface area contributed by atoms with Crippen molar-refractivity contribution in [1.29, 1.82) is 0 Å². The van der Waals surface area contributed by atoms with E-state index in [1.807, 2.05) is 0 Å². The molecular weight excluding hydrogens is 251 g/mol. The second-order valence-corrected chi connectivity index (χ2v) is 5.49. The van der Waals surface area contributed by atoms with E-state index in [9.17, 15) is 0 Å². The molecule has 0 aliphatic rings. The number of nitrogens with zero attached hydrogens (tertiary/aromatic N) is 1. The lowest BCUT2D eigenvalue weighted by atomic mass is 11.2. The third-order valence-electron chi connectivity index (χ3n) is 0.254. The molecule has 9 heavy (non-hydrogen) atoms. The lowest BCUT2D eigenvalue weighted by Crippen LogP contribution is -2.30. The molecule has 0 N–H and O–H groups in total. The summed E-state index contributed by atoms with van der Waals surface area (Å²) in [5.41, 5.74) is 0. The van der Waals surface area contributed by atoms with Crippen LogP contribution in [0.5, 0.6) is 0 Å². The Morgan fingerprint density at radius 1 is 0.667 bits per heavy atom. The van der Waals surface area contributed by atoms with Crippen LogP contribution in [0.15, 0.2) is 0 Å². The van der Waals surface area contributed by atoms with Crippen LogP contribution < -0.4 is 5.32 Å². The summed E-state index contributed by atoms with van der Waals surface area (Å²) in [7, 11) is 0. The molecule has 0 fully saturated rings. The Hall–Kier alpha value is 1.70. The monoisotopic (exact) mass is 248 g/mol. The third-order valence-corrected chi connectivity index (χ3v) is 0.761. The Morgan fingerprint density at radius 3 is 0.889 bits per heavy atom. The van der Waals surface area contributed by atoms with Crippen molar-refractivity contribution in [2.24, 2.45) is 0 Å². The van der Waals surface area contributed by atoms with E-state index in [-0.39, 0.29) is 0 Å². The Labute approximate surface area is 82.5 Å². The van der Waals surface area contributed by atoms with E-state index in [0.717, 1.165) is 0 Å². The van der Waals surface area contributed by atoms with Gasteiger partial charge in [-0.25, -0.2) is 0 Å². The maximum Gasteiger partial charge on any atom is 0.264 e. The molecule has 0 unspecified atom stereocenters. The lowest BCUT2D eigenvalue weighted by Gasteiger charge is -2.16. The SMILES string of the molecule is ClC(Cl)(Cl)[N]C(Cl)(Cl)Cl. The number of rotatable bonds is 0. The van der Waals surface area contributed by atoms with Gasteiger partial charge in [-0.15, -0.1) is 5.32 Å². The molecule has 1 nitrogen and oxygen atoms in total. The zero-order valence-corrected chi connectivity index (χ0v) is 8.25. The van der Waals surface area contributed by atoms with Crippen LogP contribution in [0.4, 0.5) is 0 Å². The summed E-state index contributed by atoms with van der Waals surface area (Å²) in [4.78, 5) is 0. The van der Waals surface area contributed by atoms with E-state index >= 15 is 0 Å². The normalized spacial score (nSPS) is 14.0.